The predicted molar refractivity (Wildman–Crippen MR) is 127 cm³/mol. The Bertz CT molecular complexity index is 1340. The van der Waals surface area contributed by atoms with Crippen LogP contribution in [0, 0.1) is 12.3 Å². The van der Waals surface area contributed by atoms with Gasteiger partial charge in [0.1, 0.15) is 12.3 Å². The summed E-state index contributed by atoms with van der Waals surface area (Å²) in [5.41, 5.74) is 13.2. The van der Waals surface area contributed by atoms with Crippen molar-refractivity contribution in [2.45, 2.75) is 38.9 Å². The van der Waals surface area contributed by atoms with Gasteiger partial charge in [-0.3, -0.25) is 9.38 Å². The van der Waals surface area contributed by atoms with E-state index in [-0.39, 0.29) is 11.5 Å². The molecule has 6 nitrogen and oxygen atoms in total. The van der Waals surface area contributed by atoms with Gasteiger partial charge in [0.15, 0.2) is 0 Å². The van der Waals surface area contributed by atoms with Crippen molar-refractivity contribution in [1.29, 1.82) is 0 Å². The van der Waals surface area contributed by atoms with Gasteiger partial charge in [-0.25, -0.2) is 14.4 Å². The molecular formula is C26H27FN6. The fourth-order valence-corrected chi connectivity index (χ4v) is 5.84. The second kappa shape index (κ2) is 7.63. The lowest BCUT2D eigenvalue weighted by atomic mass is 9.73. The number of rotatable bonds is 3. The Balaban J connectivity index is 1.34. The minimum absolute atomic E-state index is 0.0888. The largest absolute Gasteiger partial charge is 0.342 e. The minimum atomic E-state index is -0.624. The van der Waals surface area contributed by atoms with Gasteiger partial charge in [0.05, 0.1) is 11.4 Å². The average molecular weight is 443 g/mol. The number of imidazole rings is 1. The lowest BCUT2D eigenvalue weighted by Gasteiger charge is -2.42. The van der Waals surface area contributed by atoms with Crippen LogP contribution in [0.25, 0.3) is 16.8 Å². The molecule has 7 heteroatoms. The molecule has 4 heterocycles. The highest BCUT2D eigenvalue weighted by Crippen LogP contribution is 2.51. The van der Waals surface area contributed by atoms with E-state index in [0.29, 0.717) is 5.69 Å². The van der Waals surface area contributed by atoms with Crippen LogP contribution in [-0.2, 0) is 13.1 Å². The number of alkyl halides is 1. The Morgan fingerprint density at radius 3 is 2.70 bits per heavy atom. The van der Waals surface area contributed by atoms with E-state index in [1.54, 1.807) is 12.4 Å². The third-order valence-electron chi connectivity index (χ3n) is 7.63. The minimum Gasteiger partial charge on any atom is -0.342 e. The molecule has 4 aromatic rings. The Morgan fingerprint density at radius 2 is 1.91 bits per heavy atom. The van der Waals surface area contributed by atoms with Crippen molar-refractivity contribution in [3.05, 3.63) is 77.5 Å². The number of anilines is 1. The van der Waals surface area contributed by atoms with E-state index in [4.69, 9.17) is 10.7 Å². The van der Waals surface area contributed by atoms with Crippen molar-refractivity contribution >= 4 is 11.6 Å². The number of hydrogen-bond donors (Lipinski definition) is 1. The summed E-state index contributed by atoms with van der Waals surface area (Å²) >= 11 is 0. The standard InChI is InChI=1S/C26H27FN6/c1-17-22(20-7-4-10-29-21(20)16-27)24-30-11-14-33(24)25(31-17)32-12-8-26(9-13-32)15-18-5-2-3-6-19(18)23(26)28/h2-7,10-11,14,23H,8-9,12-13,15-16,28H2,1H3. The van der Waals surface area contributed by atoms with Crippen LogP contribution in [0.15, 0.2) is 55.0 Å². The first-order valence-corrected chi connectivity index (χ1v) is 11.5. The van der Waals surface area contributed by atoms with Crippen molar-refractivity contribution in [2.75, 3.05) is 18.0 Å². The molecule has 0 bridgehead atoms. The normalized spacial score (nSPS) is 19.4. The average Bonchev–Trinajstić information content (AvgIpc) is 3.43. The summed E-state index contributed by atoms with van der Waals surface area (Å²) in [6.07, 6.45) is 8.44. The number of aryl methyl sites for hydroxylation is 1. The molecule has 6 rings (SSSR count). The summed E-state index contributed by atoms with van der Waals surface area (Å²) in [7, 11) is 0. The number of piperidine rings is 1. The molecular weight excluding hydrogens is 415 g/mol. The summed E-state index contributed by atoms with van der Waals surface area (Å²) in [5, 5.41) is 0. The van der Waals surface area contributed by atoms with Crippen LogP contribution >= 0.6 is 0 Å². The first-order chi connectivity index (χ1) is 16.1. The van der Waals surface area contributed by atoms with Crippen molar-refractivity contribution in [3.63, 3.8) is 0 Å². The molecule has 1 aromatic carbocycles. The lowest BCUT2D eigenvalue weighted by molar-refractivity contribution is 0.187. The van der Waals surface area contributed by atoms with E-state index < -0.39 is 6.67 Å². The monoisotopic (exact) mass is 442 g/mol. The van der Waals surface area contributed by atoms with Gasteiger partial charge >= 0.3 is 0 Å². The van der Waals surface area contributed by atoms with Crippen LogP contribution in [0.2, 0.25) is 0 Å². The Labute approximate surface area is 192 Å². The van der Waals surface area contributed by atoms with Gasteiger partial charge < -0.3 is 10.6 Å². The van der Waals surface area contributed by atoms with E-state index in [1.807, 2.05) is 29.7 Å². The van der Waals surface area contributed by atoms with Crippen molar-refractivity contribution < 1.29 is 4.39 Å². The number of nitrogens with zero attached hydrogens (tertiary/aromatic N) is 5. The first kappa shape index (κ1) is 20.3. The maximum atomic E-state index is 13.6. The second-order valence-corrected chi connectivity index (χ2v) is 9.33. The number of halogens is 1. The summed E-state index contributed by atoms with van der Waals surface area (Å²) < 4.78 is 15.7. The molecule has 0 amide bonds. The SMILES string of the molecule is Cc1nc(N2CCC3(CC2)Cc2ccccc2C3N)n2ccnc2c1-c1cccnc1CF. The fourth-order valence-electron chi connectivity index (χ4n) is 5.84. The third-order valence-corrected chi connectivity index (χ3v) is 7.63. The molecule has 2 aliphatic rings. The number of nitrogens with two attached hydrogens (primary N) is 1. The first-order valence-electron chi connectivity index (χ1n) is 11.5. The van der Waals surface area contributed by atoms with Gasteiger partial charge in [0.2, 0.25) is 5.95 Å². The summed E-state index contributed by atoms with van der Waals surface area (Å²) in [5.74, 6) is 0.883. The smallest absolute Gasteiger partial charge is 0.211 e. The highest BCUT2D eigenvalue weighted by atomic mass is 19.1. The molecule has 1 aliphatic heterocycles. The van der Waals surface area contributed by atoms with Crippen LogP contribution in [0.5, 0.6) is 0 Å². The molecule has 2 N–H and O–H groups in total. The van der Waals surface area contributed by atoms with E-state index in [1.165, 1.54) is 11.1 Å². The Morgan fingerprint density at radius 1 is 1.09 bits per heavy atom. The van der Waals surface area contributed by atoms with Crippen molar-refractivity contribution in [1.82, 2.24) is 19.4 Å². The maximum Gasteiger partial charge on any atom is 0.211 e. The summed E-state index contributed by atoms with van der Waals surface area (Å²) in [4.78, 5) is 16.2. The Hall–Kier alpha value is -3.32. The van der Waals surface area contributed by atoms with Gasteiger partial charge in [-0.2, -0.15) is 0 Å². The van der Waals surface area contributed by atoms with Crippen LogP contribution < -0.4 is 10.6 Å². The van der Waals surface area contributed by atoms with Crippen molar-refractivity contribution in [3.8, 4) is 11.1 Å². The van der Waals surface area contributed by atoms with Gasteiger partial charge in [-0.05, 0) is 48.8 Å². The summed E-state index contributed by atoms with van der Waals surface area (Å²) in [6.45, 7) is 3.13. The zero-order valence-corrected chi connectivity index (χ0v) is 18.7. The van der Waals surface area contributed by atoms with Gasteiger partial charge in [0.25, 0.3) is 0 Å². The fraction of sp³-hybridized carbons (Fsp3) is 0.346. The molecule has 0 saturated carbocycles. The quantitative estimate of drug-likeness (QED) is 0.509. The topological polar surface area (TPSA) is 72.3 Å². The number of benzene rings is 1. The molecule has 1 aliphatic carbocycles. The maximum absolute atomic E-state index is 13.6. The van der Waals surface area contributed by atoms with Gasteiger partial charge in [-0.15, -0.1) is 0 Å². The van der Waals surface area contributed by atoms with E-state index in [0.717, 1.165) is 60.8 Å². The van der Waals surface area contributed by atoms with Crippen LogP contribution in [-0.4, -0.2) is 32.4 Å². The van der Waals surface area contributed by atoms with E-state index >= 15 is 0 Å². The van der Waals surface area contributed by atoms with E-state index in [9.17, 15) is 4.39 Å². The molecule has 1 spiro atoms. The molecule has 1 saturated heterocycles. The van der Waals surface area contributed by atoms with Gasteiger partial charge in [0, 0.05) is 48.8 Å². The molecule has 1 unspecified atom stereocenters. The Kier molecular flexibility index (Phi) is 4.69. The molecule has 3 aromatic heterocycles. The second-order valence-electron chi connectivity index (χ2n) is 9.33. The van der Waals surface area contributed by atoms with Crippen molar-refractivity contribution in [2.24, 2.45) is 11.1 Å². The molecule has 1 fully saturated rings. The number of aromatic nitrogens is 4. The number of pyridine rings is 1. The van der Waals surface area contributed by atoms with Gasteiger partial charge in [-0.1, -0.05) is 30.3 Å². The lowest BCUT2D eigenvalue weighted by Crippen LogP contribution is -2.45. The number of fused-ring (bicyclic) bond motifs is 2. The zero-order chi connectivity index (χ0) is 22.6. The van der Waals surface area contributed by atoms with Crippen LogP contribution in [0.1, 0.15) is 41.4 Å². The molecule has 0 radical (unpaired) electrons. The van der Waals surface area contributed by atoms with Crippen LogP contribution in [0.3, 0.4) is 0 Å². The van der Waals surface area contributed by atoms with Crippen LogP contribution in [0.4, 0.5) is 10.3 Å². The highest BCUT2D eigenvalue weighted by Gasteiger charge is 2.46. The third kappa shape index (κ3) is 3.06. The predicted octanol–water partition coefficient (Wildman–Crippen LogP) is 4.41. The number of hydrogen-bond acceptors (Lipinski definition) is 5. The molecule has 168 valence electrons. The summed E-state index contributed by atoms with van der Waals surface area (Å²) in [6, 6.07) is 12.4. The highest BCUT2D eigenvalue weighted by molar-refractivity contribution is 5.82. The molecule has 1 atom stereocenters. The van der Waals surface area contributed by atoms with E-state index in [2.05, 4.69) is 39.1 Å². The molecule has 33 heavy (non-hydrogen) atoms. The zero-order valence-electron chi connectivity index (χ0n) is 18.7.